The third kappa shape index (κ3) is 2.79. The van der Waals surface area contributed by atoms with E-state index < -0.39 is 0 Å². The number of hydrogen-bond acceptors (Lipinski definition) is 2. The predicted octanol–water partition coefficient (Wildman–Crippen LogP) is 5.47. The molecule has 4 aromatic rings. The summed E-state index contributed by atoms with van der Waals surface area (Å²) in [6.45, 7) is 4.00. The molecule has 0 amide bonds. The highest BCUT2D eigenvalue weighted by molar-refractivity contribution is 6.29. The first-order valence-corrected chi connectivity index (χ1v) is 8.29. The summed E-state index contributed by atoms with van der Waals surface area (Å²) in [6.07, 6.45) is 0. The van der Waals surface area contributed by atoms with Gasteiger partial charge in [0.05, 0.1) is 11.4 Å². The average molecular weight is 352 g/mol. The van der Waals surface area contributed by atoms with Crippen molar-refractivity contribution < 1.29 is 4.39 Å². The maximum atomic E-state index is 13.3. The summed E-state index contributed by atoms with van der Waals surface area (Å²) in [5, 5.41) is 5.03. The molecule has 0 atom stereocenters. The summed E-state index contributed by atoms with van der Waals surface area (Å²) in [7, 11) is 0. The minimum atomic E-state index is -0.280. The molecule has 0 aliphatic carbocycles. The van der Waals surface area contributed by atoms with Crippen LogP contribution in [0.15, 0.2) is 54.6 Å². The van der Waals surface area contributed by atoms with Gasteiger partial charge in [0.15, 0.2) is 5.65 Å². The van der Waals surface area contributed by atoms with Gasteiger partial charge in [-0.05, 0) is 43.7 Å². The van der Waals surface area contributed by atoms with Crippen LogP contribution in [0.2, 0.25) is 5.15 Å². The van der Waals surface area contributed by atoms with Gasteiger partial charge in [0.1, 0.15) is 11.0 Å². The fraction of sp³-hybridized carbons (Fsp3) is 0.100. The summed E-state index contributed by atoms with van der Waals surface area (Å²) < 4.78 is 15.0. The SMILES string of the molecule is Cc1ccc(-c2c(C)nn3c(-c4ccc(F)cc4)cc(Cl)nc23)cc1. The first kappa shape index (κ1) is 15.8. The van der Waals surface area contributed by atoms with E-state index in [2.05, 4.69) is 41.3 Å². The number of fused-ring (bicyclic) bond motifs is 1. The molecule has 0 aliphatic heterocycles. The Labute approximate surface area is 149 Å². The highest BCUT2D eigenvalue weighted by Crippen LogP contribution is 2.32. The van der Waals surface area contributed by atoms with Crippen molar-refractivity contribution in [3.63, 3.8) is 0 Å². The monoisotopic (exact) mass is 351 g/mol. The molecule has 5 heteroatoms. The van der Waals surface area contributed by atoms with Crippen LogP contribution in [-0.4, -0.2) is 14.6 Å². The lowest BCUT2D eigenvalue weighted by Gasteiger charge is -2.07. The molecule has 0 radical (unpaired) electrons. The molecular weight excluding hydrogens is 337 g/mol. The van der Waals surface area contributed by atoms with Crippen molar-refractivity contribution >= 4 is 17.2 Å². The topological polar surface area (TPSA) is 30.2 Å². The van der Waals surface area contributed by atoms with Gasteiger partial charge in [-0.3, -0.25) is 0 Å². The summed E-state index contributed by atoms with van der Waals surface area (Å²) in [5.41, 5.74) is 6.33. The number of aryl methyl sites for hydroxylation is 2. The van der Waals surface area contributed by atoms with E-state index in [1.165, 1.54) is 17.7 Å². The Morgan fingerprint density at radius 1 is 0.920 bits per heavy atom. The molecule has 0 fully saturated rings. The Bertz CT molecular complexity index is 1070. The second-order valence-corrected chi connectivity index (χ2v) is 6.42. The Morgan fingerprint density at radius 2 is 1.56 bits per heavy atom. The summed E-state index contributed by atoms with van der Waals surface area (Å²) >= 11 is 6.27. The van der Waals surface area contributed by atoms with E-state index in [9.17, 15) is 4.39 Å². The first-order chi connectivity index (χ1) is 12.0. The van der Waals surface area contributed by atoms with E-state index in [0.29, 0.717) is 10.8 Å². The van der Waals surface area contributed by atoms with Crippen molar-refractivity contribution in [2.45, 2.75) is 13.8 Å². The Hall–Kier alpha value is -2.72. The minimum Gasteiger partial charge on any atom is -0.216 e. The van der Waals surface area contributed by atoms with Gasteiger partial charge in [-0.2, -0.15) is 5.10 Å². The molecule has 0 spiro atoms. The fourth-order valence-corrected chi connectivity index (χ4v) is 3.16. The van der Waals surface area contributed by atoms with E-state index >= 15 is 0 Å². The van der Waals surface area contributed by atoms with E-state index in [4.69, 9.17) is 11.6 Å². The van der Waals surface area contributed by atoms with Gasteiger partial charge in [0.2, 0.25) is 0 Å². The zero-order valence-corrected chi connectivity index (χ0v) is 14.5. The number of hydrogen-bond donors (Lipinski definition) is 0. The van der Waals surface area contributed by atoms with Crippen LogP contribution in [0.4, 0.5) is 4.39 Å². The Kier molecular flexibility index (Phi) is 3.77. The van der Waals surface area contributed by atoms with Crippen LogP contribution in [0.1, 0.15) is 11.3 Å². The zero-order chi connectivity index (χ0) is 17.6. The summed E-state index contributed by atoms with van der Waals surface area (Å²) in [5.74, 6) is -0.280. The van der Waals surface area contributed by atoms with Crippen molar-refractivity contribution in [3.05, 3.63) is 76.8 Å². The van der Waals surface area contributed by atoms with E-state index in [1.807, 2.05) is 6.92 Å². The van der Waals surface area contributed by atoms with Crippen molar-refractivity contribution in [2.75, 3.05) is 0 Å². The largest absolute Gasteiger partial charge is 0.216 e. The molecule has 0 saturated carbocycles. The van der Waals surface area contributed by atoms with E-state index in [0.717, 1.165) is 28.1 Å². The number of nitrogens with zero attached hydrogens (tertiary/aromatic N) is 3. The van der Waals surface area contributed by atoms with Crippen molar-refractivity contribution in [3.8, 4) is 22.4 Å². The van der Waals surface area contributed by atoms with Gasteiger partial charge in [-0.15, -0.1) is 0 Å². The Morgan fingerprint density at radius 3 is 2.24 bits per heavy atom. The molecule has 0 unspecified atom stereocenters. The molecule has 124 valence electrons. The Balaban J connectivity index is 2.00. The molecule has 3 nitrogen and oxygen atoms in total. The number of benzene rings is 2. The van der Waals surface area contributed by atoms with Crippen LogP contribution in [0.25, 0.3) is 28.0 Å². The van der Waals surface area contributed by atoms with Gasteiger partial charge in [0.25, 0.3) is 0 Å². The molecule has 4 rings (SSSR count). The number of halogens is 2. The molecular formula is C20H15ClFN3. The number of aromatic nitrogens is 3. The zero-order valence-electron chi connectivity index (χ0n) is 13.8. The van der Waals surface area contributed by atoms with E-state index in [1.54, 1.807) is 22.7 Å². The third-order valence-electron chi connectivity index (χ3n) is 4.21. The van der Waals surface area contributed by atoms with Crippen LogP contribution in [0.3, 0.4) is 0 Å². The van der Waals surface area contributed by atoms with Crippen molar-refractivity contribution in [1.29, 1.82) is 0 Å². The molecule has 25 heavy (non-hydrogen) atoms. The lowest BCUT2D eigenvalue weighted by atomic mass is 10.0. The normalized spacial score (nSPS) is 11.2. The van der Waals surface area contributed by atoms with Gasteiger partial charge in [0, 0.05) is 17.2 Å². The van der Waals surface area contributed by atoms with Crippen LogP contribution >= 0.6 is 11.6 Å². The smallest absolute Gasteiger partial charge is 0.165 e. The molecule has 0 bridgehead atoms. The molecule has 2 heterocycles. The minimum absolute atomic E-state index is 0.280. The summed E-state index contributed by atoms with van der Waals surface area (Å²) in [4.78, 5) is 4.49. The average Bonchev–Trinajstić information content (AvgIpc) is 2.92. The molecule has 2 aromatic heterocycles. The quantitative estimate of drug-likeness (QED) is 0.448. The highest BCUT2D eigenvalue weighted by Gasteiger charge is 2.17. The molecule has 2 aromatic carbocycles. The van der Waals surface area contributed by atoms with Crippen molar-refractivity contribution in [1.82, 2.24) is 14.6 Å². The van der Waals surface area contributed by atoms with Gasteiger partial charge in [-0.25, -0.2) is 13.9 Å². The lowest BCUT2D eigenvalue weighted by molar-refractivity contribution is 0.628. The highest BCUT2D eigenvalue weighted by atomic mass is 35.5. The first-order valence-electron chi connectivity index (χ1n) is 7.92. The molecule has 0 saturated heterocycles. The third-order valence-corrected chi connectivity index (χ3v) is 4.41. The predicted molar refractivity (Wildman–Crippen MR) is 98.3 cm³/mol. The maximum absolute atomic E-state index is 13.3. The second-order valence-electron chi connectivity index (χ2n) is 6.03. The van der Waals surface area contributed by atoms with Gasteiger partial charge in [-0.1, -0.05) is 41.4 Å². The van der Waals surface area contributed by atoms with Crippen LogP contribution in [0.5, 0.6) is 0 Å². The van der Waals surface area contributed by atoms with Crippen LogP contribution < -0.4 is 0 Å². The van der Waals surface area contributed by atoms with Crippen LogP contribution in [0, 0.1) is 19.7 Å². The molecule has 0 aliphatic rings. The molecule has 0 N–H and O–H groups in total. The van der Waals surface area contributed by atoms with Gasteiger partial charge >= 0.3 is 0 Å². The maximum Gasteiger partial charge on any atom is 0.165 e. The standard InChI is InChI=1S/C20H15ClFN3/c1-12-3-5-15(6-4-12)19-13(2)24-25-17(11-18(21)23-20(19)25)14-7-9-16(22)10-8-14/h3-11H,1-2H3. The lowest BCUT2D eigenvalue weighted by Crippen LogP contribution is -1.97. The van der Waals surface area contributed by atoms with E-state index in [-0.39, 0.29) is 5.82 Å². The van der Waals surface area contributed by atoms with Crippen LogP contribution in [-0.2, 0) is 0 Å². The van der Waals surface area contributed by atoms with Crippen molar-refractivity contribution in [2.24, 2.45) is 0 Å². The van der Waals surface area contributed by atoms with Gasteiger partial charge < -0.3 is 0 Å². The second kappa shape index (κ2) is 5.97. The fourth-order valence-electron chi connectivity index (χ4n) is 2.98. The summed E-state index contributed by atoms with van der Waals surface area (Å²) in [6, 6.07) is 16.2. The number of rotatable bonds is 2.